The highest BCUT2D eigenvalue weighted by Crippen LogP contribution is 2.50. The summed E-state index contributed by atoms with van der Waals surface area (Å²) in [6.07, 6.45) is 0. The molecule has 54 heavy (non-hydrogen) atoms. The van der Waals surface area contributed by atoms with Gasteiger partial charge in [-0.3, -0.25) is 0 Å². The summed E-state index contributed by atoms with van der Waals surface area (Å²) in [5.41, 5.74) is 12.0. The van der Waals surface area contributed by atoms with Gasteiger partial charge in [0, 0.05) is 31.9 Å². The summed E-state index contributed by atoms with van der Waals surface area (Å²) < 4.78 is 0. The van der Waals surface area contributed by atoms with Gasteiger partial charge in [0.1, 0.15) is 0 Å². The van der Waals surface area contributed by atoms with E-state index in [1.807, 2.05) is 48.5 Å². The number of fused-ring (bicyclic) bond motifs is 2. The molecule has 0 amide bonds. The van der Waals surface area contributed by atoms with E-state index in [1.165, 1.54) is 16.0 Å². The summed E-state index contributed by atoms with van der Waals surface area (Å²) in [4.78, 5) is 17.4. The highest BCUT2D eigenvalue weighted by molar-refractivity contribution is 7.99. The van der Waals surface area contributed by atoms with Gasteiger partial charge in [0.05, 0.1) is 11.6 Å². The van der Waals surface area contributed by atoms with E-state index in [9.17, 15) is 5.26 Å². The zero-order valence-electron chi connectivity index (χ0n) is 29.9. The van der Waals surface area contributed by atoms with Crippen molar-refractivity contribution in [3.63, 3.8) is 0 Å². The third-order valence-corrected chi connectivity index (χ3v) is 11.4. The number of nitriles is 1. The van der Waals surface area contributed by atoms with Crippen LogP contribution in [0.4, 0.5) is 0 Å². The molecule has 1 aliphatic rings. The minimum atomic E-state index is -0.198. The number of aromatic nitrogens is 3. The molecule has 4 nitrogen and oxygen atoms in total. The van der Waals surface area contributed by atoms with Crippen LogP contribution in [0.1, 0.15) is 30.5 Å². The van der Waals surface area contributed by atoms with E-state index in [4.69, 9.17) is 15.0 Å². The molecule has 1 aliphatic heterocycles. The molecule has 0 N–H and O–H groups in total. The highest BCUT2D eigenvalue weighted by atomic mass is 32.2. The standard InChI is InChI=1S/C49H34N4S/c1-49(2)42-24-9-10-25-44(42)54-45-29-40(31-50)41(30-43(45)49)37-21-11-19-35(26-37)36-20-13-23-39(28-36)48-52-46(33-16-7-4-8-17-33)51-47(53-48)38-22-12-18-34(27-38)32-14-5-3-6-15-32/h3-30H,1-2H3. The van der Waals surface area contributed by atoms with Crippen molar-refractivity contribution in [2.45, 2.75) is 29.1 Å². The molecule has 0 saturated heterocycles. The molecule has 7 aromatic carbocycles. The fraction of sp³-hybridized carbons (Fsp3) is 0.0612. The Hall–Kier alpha value is -6.61. The topological polar surface area (TPSA) is 62.5 Å². The summed E-state index contributed by atoms with van der Waals surface area (Å²) >= 11 is 1.75. The van der Waals surface area contributed by atoms with Gasteiger partial charge in [0.15, 0.2) is 17.5 Å². The van der Waals surface area contributed by atoms with E-state index in [0.29, 0.717) is 23.0 Å². The Labute approximate surface area is 319 Å². The number of benzene rings is 7. The van der Waals surface area contributed by atoms with Crippen LogP contribution in [0.2, 0.25) is 0 Å². The van der Waals surface area contributed by atoms with E-state index in [2.05, 4.69) is 141 Å². The van der Waals surface area contributed by atoms with Crippen LogP contribution >= 0.6 is 11.8 Å². The van der Waals surface area contributed by atoms with Crippen molar-refractivity contribution in [3.05, 3.63) is 187 Å². The molecule has 0 aliphatic carbocycles. The molecule has 0 fully saturated rings. The molecule has 0 spiro atoms. The van der Waals surface area contributed by atoms with Crippen LogP contribution in [0.25, 0.3) is 67.5 Å². The number of hydrogen-bond donors (Lipinski definition) is 0. The van der Waals surface area contributed by atoms with Crippen LogP contribution in [0.15, 0.2) is 180 Å². The maximum Gasteiger partial charge on any atom is 0.164 e. The predicted octanol–water partition coefficient (Wildman–Crippen LogP) is 12.5. The Balaban J connectivity index is 1.12. The van der Waals surface area contributed by atoms with Crippen molar-refractivity contribution in [1.82, 2.24) is 15.0 Å². The lowest BCUT2D eigenvalue weighted by atomic mass is 9.76. The lowest BCUT2D eigenvalue weighted by Crippen LogP contribution is -2.24. The van der Waals surface area contributed by atoms with E-state index in [1.54, 1.807) is 11.8 Å². The Morgan fingerprint density at radius 1 is 0.426 bits per heavy atom. The number of hydrogen-bond acceptors (Lipinski definition) is 5. The minimum absolute atomic E-state index is 0.198. The van der Waals surface area contributed by atoms with Crippen LogP contribution in [0, 0.1) is 11.3 Å². The third kappa shape index (κ3) is 6.17. The molecule has 0 atom stereocenters. The average molecular weight is 711 g/mol. The number of nitrogens with zero attached hydrogens (tertiary/aromatic N) is 4. The zero-order chi connectivity index (χ0) is 36.6. The van der Waals surface area contributed by atoms with Gasteiger partial charge in [-0.25, -0.2) is 15.0 Å². The first kappa shape index (κ1) is 33.2. The highest BCUT2D eigenvalue weighted by Gasteiger charge is 2.34. The van der Waals surface area contributed by atoms with Gasteiger partial charge in [-0.15, -0.1) is 0 Å². The smallest absolute Gasteiger partial charge is 0.164 e. The summed E-state index contributed by atoms with van der Waals surface area (Å²) in [6.45, 7) is 4.55. The fourth-order valence-corrected chi connectivity index (χ4v) is 8.76. The Kier molecular flexibility index (Phi) is 8.46. The second kappa shape index (κ2) is 13.7. The molecule has 1 aromatic heterocycles. The predicted molar refractivity (Wildman–Crippen MR) is 220 cm³/mol. The first-order chi connectivity index (χ1) is 26.4. The average Bonchev–Trinajstić information content (AvgIpc) is 3.24. The van der Waals surface area contributed by atoms with Crippen molar-refractivity contribution in [2.24, 2.45) is 0 Å². The summed E-state index contributed by atoms with van der Waals surface area (Å²) in [7, 11) is 0. The lowest BCUT2D eigenvalue weighted by Gasteiger charge is -2.35. The van der Waals surface area contributed by atoms with Crippen molar-refractivity contribution in [2.75, 3.05) is 0 Å². The van der Waals surface area contributed by atoms with Gasteiger partial charge < -0.3 is 0 Å². The second-order valence-corrected chi connectivity index (χ2v) is 15.1. The number of rotatable bonds is 6. The summed E-state index contributed by atoms with van der Waals surface area (Å²) in [6, 6.07) is 61.0. The van der Waals surface area contributed by atoms with Crippen LogP contribution in [-0.2, 0) is 5.41 Å². The monoisotopic (exact) mass is 710 g/mol. The first-order valence-corrected chi connectivity index (χ1v) is 18.8. The van der Waals surface area contributed by atoms with Gasteiger partial charge in [0.2, 0.25) is 0 Å². The van der Waals surface area contributed by atoms with Gasteiger partial charge in [0.25, 0.3) is 0 Å². The molecule has 0 radical (unpaired) electrons. The molecule has 0 bridgehead atoms. The largest absolute Gasteiger partial charge is 0.208 e. The molecule has 256 valence electrons. The molecular formula is C49H34N4S. The molecule has 5 heteroatoms. The molecule has 0 saturated carbocycles. The quantitative estimate of drug-likeness (QED) is 0.172. The Morgan fingerprint density at radius 2 is 0.889 bits per heavy atom. The first-order valence-electron chi connectivity index (χ1n) is 18.0. The maximum absolute atomic E-state index is 10.4. The molecular weight excluding hydrogens is 677 g/mol. The van der Waals surface area contributed by atoms with Gasteiger partial charge in [-0.2, -0.15) is 5.26 Å². The SMILES string of the molecule is CC1(C)c2ccccc2Sc2cc(C#N)c(-c3cccc(-c4cccc(-c5nc(-c6ccccc6)nc(-c6cccc(-c7ccccc7)c6)n5)c4)c3)cc21. The van der Waals surface area contributed by atoms with Gasteiger partial charge >= 0.3 is 0 Å². The molecule has 8 aromatic rings. The van der Waals surface area contributed by atoms with Crippen LogP contribution in [-0.4, -0.2) is 15.0 Å². The molecule has 2 heterocycles. The van der Waals surface area contributed by atoms with Crippen molar-refractivity contribution < 1.29 is 0 Å². The lowest BCUT2D eigenvalue weighted by molar-refractivity contribution is 0.607. The molecule has 9 rings (SSSR count). The van der Waals surface area contributed by atoms with E-state index < -0.39 is 0 Å². The fourth-order valence-electron chi connectivity index (χ4n) is 7.34. The maximum atomic E-state index is 10.4. The van der Waals surface area contributed by atoms with Crippen LogP contribution in [0.5, 0.6) is 0 Å². The third-order valence-electron chi connectivity index (χ3n) is 10.2. The Bertz CT molecular complexity index is 2730. The van der Waals surface area contributed by atoms with Crippen molar-refractivity contribution >= 4 is 11.8 Å². The van der Waals surface area contributed by atoms with Crippen LogP contribution < -0.4 is 0 Å². The van der Waals surface area contributed by atoms with E-state index >= 15 is 0 Å². The van der Waals surface area contributed by atoms with E-state index in [0.717, 1.165) is 55.0 Å². The van der Waals surface area contributed by atoms with Crippen molar-refractivity contribution in [1.29, 1.82) is 5.26 Å². The zero-order valence-corrected chi connectivity index (χ0v) is 30.7. The summed E-state index contributed by atoms with van der Waals surface area (Å²) in [5, 5.41) is 10.4. The van der Waals surface area contributed by atoms with Crippen molar-refractivity contribution in [3.8, 4) is 73.6 Å². The second-order valence-electron chi connectivity index (χ2n) is 14.0. The summed E-state index contributed by atoms with van der Waals surface area (Å²) in [5.74, 6) is 1.83. The van der Waals surface area contributed by atoms with Gasteiger partial charge in [-0.1, -0.05) is 159 Å². The van der Waals surface area contributed by atoms with E-state index in [-0.39, 0.29) is 5.41 Å². The normalized spacial score (nSPS) is 12.7. The van der Waals surface area contributed by atoms with Crippen LogP contribution in [0.3, 0.4) is 0 Å². The minimum Gasteiger partial charge on any atom is -0.208 e. The Morgan fingerprint density at radius 3 is 1.50 bits per heavy atom. The molecule has 0 unspecified atom stereocenters. The van der Waals surface area contributed by atoms with Gasteiger partial charge in [-0.05, 0) is 80.9 Å².